The van der Waals surface area contributed by atoms with Gasteiger partial charge < -0.3 is 10.5 Å². The average Bonchev–Trinajstić information content (AvgIpc) is 2.84. The van der Waals surface area contributed by atoms with Gasteiger partial charge in [-0.25, -0.2) is 13.1 Å². The monoisotopic (exact) mass is 398 g/mol. The van der Waals surface area contributed by atoms with Gasteiger partial charge in [-0.05, 0) is 59.4 Å². The zero-order valence-corrected chi connectivity index (χ0v) is 14.9. The molecule has 1 aromatic rings. The van der Waals surface area contributed by atoms with E-state index in [9.17, 15) is 8.42 Å². The van der Waals surface area contributed by atoms with E-state index in [1.54, 1.807) is 19.2 Å². The SMILES string of the molecule is COc1ccc(S(=O)(=O)NC2CCCC2CN)c(Br)c1.Cl. The summed E-state index contributed by atoms with van der Waals surface area (Å²) in [6.45, 7) is 0.511. The summed E-state index contributed by atoms with van der Waals surface area (Å²) in [5.74, 6) is 0.832. The summed E-state index contributed by atoms with van der Waals surface area (Å²) in [6.07, 6.45) is 2.83. The lowest BCUT2D eigenvalue weighted by Gasteiger charge is -2.20. The highest BCUT2D eigenvalue weighted by atomic mass is 79.9. The second kappa shape index (κ2) is 7.78. The molecule has 1 aromatic carbocycles. The van der Waals surface area contributed by atoms with E-state index < -0.39 is 10.0 Å². The molecule has 2 unspecified atom stereocenters. The Morgan fingerprint density at radius 3 is 2.71 bits per heavy atom. The van der Waals surface area contributed by atoms with Crippen LogP contribution in [0.5, 0.6) is 5.75 Å². The Balaban J connectivity index is 0.00000220. The van der Waals surface area contributed by atoms with Gasteiger partial charge in [-0.2, -0.15) is 0 Å². The summed E-state index contributed by atoms with van der Waals surface area (Å²) in [5, 5.41) is 0. The molecule has 5 nitrogen and oxygen atoms in total. The van der Waals surface area contributed by atoms with Crippen molar-refractivity contribution < 1.29 is 13.2 Å². The molecule has 2 atom stereocenters. The van der Waals surface area contributed by atoms with E-state index >= 15 is 0 Å². The largest absolute Gasteiger partial charge is 0.497 e. The Bertz CT molecular complexity index is 583. The van der Waals surface area contributed by atoms with Gasteiger partial charge in [0.15, 0.2) is 0 Å². The molecule has 120 valence electrons. The third-order valence-corrected chi connectivity index (χ3v) is 6.16. The fourth-order valence-corrected chi connectivity index (χ4v) is 4.96. The number of halogens is 2. The van der Waals surface area contributed by atoms with Crippen LogP contribution in [0.3, 0.4) is 0 Å². The van der Waals surface area contributed by atoms with E-state index in [1.165, 1.54) is 6.07 Å². The number of sulfonamides is 1. The van der Waals surface area contributed by atoms with Crippen molar-refractivity contribution >= 4 is 38.4 Å². The molecule has 3 N–H and O–H groups in total. The first kappa shape index (κ1) is 18.7. The number of hydrogen-bond donors (Lipinski definition) is 2. The molecule has 1 fully saturated rings. The van der Waals surface area contributed by atoms with Crippen molar-refractivity contribution in [3.63, 3.8) is 0 Å². The summed E-state index contributed by atoms with van der Waals surface area (Å²) in [7, 11) is -2.01. The molecule has 0 aliphatic heterocycles. The van der Waals surface area contributed by atoms with Crippen molar-refractivity contribution in [2.75, 3.05) is 13.7 Å². The van der Waals surface area contributed by atoms with E-state index in [4.69, 9.17) is 10.5 Å². The lowest BCUT2D eigenvalue weighted by atomic mass is 10.1. The molecule has 0 amide bonds. The number of benzene rings is 1. The number of ether oxygens (including phenoxy) is 1. The topological polar surface area (TPSA) is 81.4 Å². The quantitative estimate of drug-likeness (QED) is 0.796. The van der Waals surface area contributed by atoms with Crippen LogP contribution in [0, 0.1) is 5.92 Å². The van der Waals surface area contributed by atoms with Crippen LogP contribution >= 0.6 is 28.3 Å². The molecule has 21 heavy (non-hydrogen) atoms. The fourth-order valence-electron chi connectivity index (χ4n) is 2.56. The van der Waals surface area contributed by atoms with Crippen LogP contribution in [0.15, 0.2) is 27.6 Å². The van der Waals surface area contributed by atoms with Crippen LogP contribution in [0.1, 0.15) is 19.3 Å². The third kappa shape index (κ3) is 4.32. The molecule has 8 heteroatoms. The standard InChI is InChI=1S/C13H19BrN2O3S.ClH/c1-19-10-5-6-13(11(14)7-10)20(17,18)16-12-4-2-3-9(12)8-15;/h5-7,9,12,16H,2-4,8,15H2,1H3;1H. The van der Waals surface area contributed by atoms with E-state index in [1.807, 2.05) is 0 Å². The van der Waals surface area contributed by atoms with Gasteiger partial charge in [0.1, 0.15) is 5.75 Å². The smallest absolute Gasteiger partial charge is 0.241 e. The van der Waals surface area contributed by atoms with Gasteiger partial charge in [-0.1, -0.05) is 6.42 Å². The molecule has 0 radical (unpaired) electrons. The van der Waals surface area contributed by atoms with Gasteiger partial charge in [0.2, 0.25) is 10.0 Å². The molecular weight excluding hydrogens is 380 g/mol. The van der Waals surface area contributed by atoms with E-state index in [2.05, 4.69) is 20.7 Å². The second-order valence-electron chi connectivity index (χ2n) is 4.95. The lowest BCUT2D eigenvalue weighted by molar-refractivity contribution is 0.414. The van der Waals surface area contributed by atoms with Gasteiger partial charge in [-0.3, -0.25) is 0 Å². The number of rotatable bonds is 5. The molecule has 0 saturated heterocycles. The minimum atomic E-state index is -3.55. The zero-order valence-electron chi connectivity index (χ0n) is 11.7. The van der Waals surface area contributed by atoms with Gasteiger partial charge in [0.25, 0.3) is 0 Å². The van der Waals surface area contributed by atoms with Gasteiger partial charge in [-0.15, -0.1) is 12.4 Å². The predicted octanol–water partition coefficient (Wildman–Crippen LogP) is 2.29. The van der Waals surface area contributed by atoms with Crippen molar-refractivity contribution in [2.45, 2.75) is 30.2 Å². The van der Waals surface area contributed by atoms with E-state index in [0.29, 0.717) is 16.8 Å². The Morgan fingerprint density at radius 2 is 2.14 bits per heavy atom. The third-order valence-electron chi connectivity index (χ3n) is 3.70. The number of methoxy groups -OCH3 is 1. The summed E-state index contributed by atoms with van der Waals surface area (Å²) < 4.78 is 33.2. The fraction of sp³-hybridized carbons (Fsp3) is 0.538. The van der Waals surface area contributed by atoms with Crippen LogP contribution in [-0.2, 0) is 10.0 Å². The first-order valence-electron chi connectivity index (χ1n) is 6.54. The van der Waals surface area contributed by atoms with Crippen molar-refractivity contribution in [1.29, 1.82) is 0 Å². The predicted molar refractivity (Wildman–Crippen MR) is 88.4 cm³/mol. The van der Waals surface area contributed by atoms with Gasteiger partial charge in [0.05, 0.1) is 12.0 Å². The average molecular weight is 400 g/mol. The Labute approximate surface area is 140 Å². The Kier molecular flexibility index (Phi) is 6.93. The molecule has 1 saturated carbocycles. The minimum absolute atomic E-state index is 0. The lowest BCUT2D eigenvalue weighted by Crippen LogP contribution is -2.39. The summed E-state index contributed by atoms with van der Waals surface area (Å²) in [4.78, 5) is 0.223. The number of nitrogens with one attached hydrogen (secondary N) is 1. The van der Waals surface area contributed by atoms with Crippen molar-refractivity contribution in [2.24, 2.45) is 11.7 Å². The minimum Gasteiger partial charge on any atom is -0.497 e. The highest BCUT2D eigenvalue weighted by molar-refractivity contribution is 9.10. The van der Waals surface area contributed by atoms with Gasteiger partial charge >= 0.3 is 0 Å². The van der Waals surface area contributed by atoms with E-state index in [0.717, 1.165) is 19.3 Å². The highest BCUT2D eigenvalue weighted by Gasteiger charge is 2.31. The van der Waals surface area contributed by atoms with Gasteiger partial charge in [0, 0.05) is 10.5 Å². The first-order chi connectivity index (χ1) is 9.47. The zero-order chi connectivity index (χ0) is 14.8. The maximum atomic E-state index is 12.4. The molecule has 1 aliphatic carbocycles. The van der Waals surface area contributed by atoms with Crippen molar-refractivity contribution in [3.05, 3.63) is 22.7 Å². The molecule has 0 spiro atoms. The van der Waals surface area contributed by atoms with Crippen LogP contribution in [-0.4, -0.2) is 28.1 Å². The van der Waals surface area contributed by atoms with E-state index in [-0.39, 0.29) is 29.3 Å². The normalized spacial score (nSPS) is 21.9. The van der Waals surface area contributed by atoms with Crippen molar-refractivity contribution in [3.8, 4) is 5.75 Å². The number of hydrogen-bond acceptors (Lipinski definition) is 4. The maximum Gasteiger partial charge on any atom is 0.241 e. The molecule has 0 bridgehead atoms. The van der Waals surface area contributed by atoms with Crippen molar-refractivity contribution in [1.82, 2.24) is 4.72 Å². The maximum absolute atomic E-state index is 12.4. The Hall–Kier alpha value is -0.340. The Morgan fingerprint density at radius 1 is 1.43 bits per heavy atom. The molecule has 1 aliphatic rings. The second-order valence-corrected chi connectivity index (χ2v) is 7.49. The number of nitrogens with two attached hydrogens (primary N) is 1. The molecule has 2 rings (SSSR count). The van der Waals surface area contributed by atoms with Crippen LogP contribution in [0.25, 0.3) is 0 Å². The summed E-state index contributed by atoms with van der Waals surface area (Å²) in [5.41, 5.74) is 5.69. The summed E-state index contributed by atoms with van der Waals surface area (Å²) >= 11 is 3.28. The molecule has 0 heterocycles. The first-order valence-corrected chi connectivity index (χ1v) is 8.81. The molecular formula is C13H20BrClN2O3S. The highest BCUT2D eigenvalue weighted by Crippen LogP contribution is 2.29. The van der Waals surface area contributed by atoms with Crippen LogP contribution in [0.4, 0.5) is 0 Å². The van der Waals surface area contributed by atoms with Crippen LogP contribution in [0.2, 0.25) is 0 Å². The van der Waals surface area contributed by atoms with Crippen LogP contribution < -0.4 is 15.2 Å². The summed E-state index contributed by atoms with van der Waals surface area (Å²) in [6, 6.07) is 4.74. The molecule has 0 aromatic heterocycles.